The van der Waals surface area contributed by atoms with Gasteiger partial charge in [-0.05, 0) is 49.2 Å². The lowest BCUT2D eigenvalue weighted by Gasteiger charge is -2.36. The van der Waals surface area contributed by atoms with Crippen LogP contribution in [0.4, 0.5) is 10.8 Å². The highest BCUT2D eigenvalue weighted by Gasteiger charge is 2.24. The normalized spacial score (nSPS) is 14.6. The first kappa shape index (κ1) is 26.2. The van der Waals surface area contributed by atoms with Crippen molar-refractivity contribution in [1.29, 1.82) is 0 Å². The molecule has 0 bridgehead atoms. The molecule has 1 unspecified atom stereocenters. The van der Waals surface area contributed by atoms with Crippen LogP contribution in [-0.2, 0) is 11.2 Å². The van der Waals surface area contributed by atoms with Crippen molar-refractivity contribution in [3.05, 3.63) is 64.9 Å². The summed E-state index contributed by atoms with van der Waals surface area (Å²) in [6.45, 7) is 8.03. The summed E-state index contributed by atoms with van der Waals surface area (Å²) in [5.41, 5.74) is 2.22. The number of aromatic nitrogens is 2. The Labute approximate surface area is 222 Å². The third-order valence-electron chi connectivity index (χ3n) is 6.69. The van der Waals surface area contributed by atoms with Crippen LogP contribution in [0.1, 0.15) is 38.1 Å². The fraction of sp³-hybridized carbons (Fsp3) is 0.444. The second-order valence-electron chi connectivity index (χ2n) is 9.07. The third kappa shape index (κ3) is 6.68. The Hall–Kier alpha value is -2.84. The molecule has 0 N–H and O–H groups in total. The zero-order chi connectivity index (χ0) is 25.5. The van der Waals surface area contributed by atoms with Gasteiger partial charge in [-0.1, -0.05) is 36.7 Å². The summed E-state index contributed by atoms with van der Waals surface area (Å²) in [7, 11) is 1.67. The fourth-order valence-corrected chi connectivity index (χ4v) is 5.38. The third-order valence-corrected chi connectivity index (χ3v) is 7.72. The minimum absolute atomic E-state index is 0.190. The van der Waals surface area contributed by atoms with Gasteiger partial charge in [0.2, 0.25) is 11.0 Å². The fourth-order valence-electron chi connectivity index (χ4n) is 4.38. The van der Waals surface area contributed by atoms with E-state index in [1.165, 1.54) is 11.5 Å². The van der Waals surface area contributed by atoms with Crippen LogP contribution in [0.2, 0.25) is 5.02 Å². The zero-order valence-corrected chi connectivity index (χ0v) is 22.8. The maximum Gasteiger partial charge on any atom is 0.224 e. The average molecular weight is 528 g/mol. The van der Waals surface area contributed by atoms with Gasteiger partial charge in [0.15, 0.2) is 0 Å². The summed E-state index contributed by atoms with van der Waals surface area (Å²) in [4.78, 5) is 24.4. The molecule has 9 heteroatoms. The number of carbonyl (C=O) groups is 1. The highest BCUT2D eigenvalue weighted by Crippen LogP contribution is 2.24. The first-order valence-corrected chi connectivity index (χ1v) is 13.6. The van der Waals surface area contributed by atoms with Gasteiger partial charge in [-0.15, -0.1) is 0 Å². The molecule has 1 aliphatic heterocycles. The highest BCUT2D eigenvalue weighted by atomic mass is 35.5. The highest BCUT2D eigenvalue weighted by molar-refractivity contribution is 7.09. The molecular weight excluding hydrogens is 494 g/mol. The minimum atomic E-state index is 0.190. The standard InChI is InChI=1S/C27H34ClN5O2S/c1-4-20(2)33(27-29-25(30-36-27)18-21-7-5-10-24(17-21)35-3)12-11-26(34)32-15-13-31(14-16-32)23-9-6-8-22(28)19-23/h5-10,17,19-20H,4,11-16,18H2,1-3H3. The molecule has 0 saturated carbocycles. The van der Waals surface area contributed by atoms with E-state index in [2.05, 4.69) is 40.2 Å². The van der Waals surface area contributed by atoms with Crippen LogP contribution in [0.3, 0.4) is 0 Å². The van der Waals surface area contributed by atoms with Crippen molar-refractivity contribution < 1.29 is 9.53 Å². The van der Waals surface area contributed by atoms with Crippen LogP contribution in [0.25, 0.3) is 0 Å². The summed E-state index contributed by atoms with van der Waals surface area (Å²) >= 11 is 7.55. The summed E-state index contributed by atoms with van der Waals surface area (Å²) in [6, 6.07) is 16.1. The number of rotatable bonds is 10. The van der Waals surface area contributed by atoms with E-state index in [9.17, 15) is 4.79 Å². The van der Waals surface area contributed by atoms with Gasteiger partial charge in [0.1, 0.15) is 11.6 Å². The molecule has 0 radical (unpaired) electrons. The summed E-state index contributed by atoms with van der Waals surface area (Å²) in [6.07, 6.45) is 2.08. The van der Waals surface area contributed by atoms with Gasteiger partial charge in [0.25, 0.3) is 0 Å². The maximum atomic E-state index is 13.1. The molecule has 4 rings (SSSR count). The van der Waals surface area contributed by atoms with E-state index in [0.717, 1.165) is 65.6 Å². The molecule has 2 heterocycles. The monoisotopic (exact) mass is 527 g/mol. The van der Waals surface area contributed by atoms with Gasteiger partial charge in [-0.25, -0.2) is 4.98 Å². The Kier molecular flexibility index (Phi) is 9.04. The number of piperazine rings is 1. The van der Waals surface area contributed by atoms with Crippen molar-refractivity contribution in [3.63, 3.8) is 0 Å². The van der Waals surface area contributed by atoms with Crippen molar-refractivity contribution in [3.8, 4) is 5.75 Å². The van der Waals surface area contributed by atoms with Crippen molar-refractivity contribution in [1.82, 2.24) is 14.3 Å². The van der Waals surface area contributed by atoms with E-state index < -0.39 is 0 Å². The molecule has 1 saturated heterocycles. The molecule has 1 atom stereocenters. The average Bonchev–Trinajstić information content (AvgIpc) is 3.36. The Morgan fingerprint density at radius 3 is 2.67 bits per heavy atom. The van der Waals surface area contributed by atoms with Gasteiger partial charge >= 0.3 is 0 Å². The summed E-state index contributed by atoms with van der Waals surface area (Å²) in [5, 5.41) is 1.61. The Morgan fingerprint density at radius 2 is 1.94 bits per heavy atom. The van der Waals surface area contributed by atoms with Crippen LogP contribution in [0, 0.1) is 0 Å². The number of nitrogens with zero attached hydrogens (tertiary/aromatic N) is 5. The number of carbonyl (C=O) groups excluding carboxylic acids is 1. The van der Waals surface area contributed by atoms with E-state index in [0.29, 0.717) is 19.4 Å². The quantitative estimate of drug-likeness (QED) is 0.364. The van der Waals surface area contributed by atoms with Gasteiger partial charge in [0, 0.05) is 73.8 Å². The Morgan fingerprint density at radius 1 is 1.17 bits per heavy atom. The maximum absolute atomic E-state index is 13.1. The molecule has 192 valence electrons. The first-order chi connectivity index (χ1) is 17.5. The van der Waals surface area contributed by atoms with Crippen molar-refractivity contribution in [2.24, 2.45) is 0 Å². The van der Waals surface area contributed by atoms with Gasteiger partial charge in [-0.3, -0.25) is 4.79 Å². The van der Waals surface area contributed by atoms with E-state index >= 15 is 0 Å². The second-order valence-corrected chi connectivity index (χ2v) is 10.2. The Balaban J connectivity index is 1.33. The number of amides is 1. The molecule has 0 spiro atoms. The van der Waals surface area contributed by atoms with E-state index in [1.807, 2.05) is 41.3 Å². The molecule has 3 aromatic rings. The first-order valence-electron chi connectivity index (χ1n) is 12.5. The number of hydrogen-bond donors (Lipinski definition) is 0. The van der Waals surface area contributed by atoms with Gasteiger partial charge in [-0.2, -0.15) is 4.37 Å². The van der Waals surface area contributed by atoms with E-state index in [-0.39, 0.29) is 11.9 Å². The van der Waals surface area contributed by atoms with Gasteiger partial charge in [0.05, 0.1) is 7.11 Å². The van der Waals surface area contributed by atoms with E-state index in [4.69, 9.17) is 21.3 Å². The van der Waals surface area contributed by atoms with Crippen LogP contribution in [0.15, 0.2) is 48.5 Å². The second kappa shape index (κ2) is 12.4. The molecular formula is C27H34ClN5O2S. The van der Waals surface area contributed by atoms with E-state index in [1.54, 1.807) is 7.11 Å². The molecule has 2 aromatic carbocycles. The SMILES string of the molecule is CCC(C)N(CCC(=O)N1CCN(c2cccc(Cl)c2)CC1)c1nc(Cc2cccc(OC)c2)ns1. The van der Waals surface area contributed by atoms with Gasteiger partial charge < -0.3 is 19.4 Å². The number of hydrogen-bond acceptors (Lipinski definition) is 7. The number of halogens is 1. The lowest BCUT2D eigenvalue weighted by molar-refractivity contribution is -0.131. The molecule has 1 amide bonds. The van der Waals surface area contributed by atoms with Crippen molar-refractivity contribution in [2.75, 3.05) is 49.6 Å². The number of methoxy groups -OCH3 is 1. The molecule has 36 heavy (non-hydrogen) atoms. The van der Waals surface area contributed by atoms with Crippen LogP contribution < -0.4 is 14.5 Å². The lowest BCUT2D eigenvalue weighted by atomic mass is 10.1. The minimum Gasteiger partial charge on any atom is -0.497 e. The molecule has 1 fully saturated rings. The zero-order valence-electron chi connectivity index (χ0n) is 21.2. The predicted molar refractivity (Wildman–Crippen MR) is 148 cm³/mol. The van der Waals surface area contributed by atoms with Crippen molar-refractivity contribution in [2.45, 2.75) is 39.2 Å². The summed E-state index contributed by atoms with van der Waals surface area (Å²) in [5.74, 6) is 1.81. The number of benzene rings is 2. The van der Waals surface area contributed by atoms with Crippen LogP contribution in [-0.4, -0.2) is 66.0 Å². The summed E-state index contributed by atoms with van der Waals surface area (Å²) < 4.78 is 9.93. The smallest absolute Gasteiger partial charge is 0.224 e. The molecule has 7 nitrogen and oxygen atoms in total. The molecule has 0 aliphatic carbocycles. The Bertz CT molecular complexity index is 1150. The van der Waals surface area contributed by atoms with Crippen LogP contribution in [0.5, 0.6) is 5.75 Å². The number of ether oxygens (including phenoxy) is 1. The molecule has 1 aromatic heterocycles. The largest absolute Gasteiger partial charge is 0.497 e. The predicted octanol–water partition coefficient (Wildman–Crippen LogP) is 5.13. The number of anilines is 2. The lowest BCUT2D eigenvalue weighted by Crippen LogP contribution is -2.49. The topological polar surface area (TPSA) is 61.8 Å². The van der Waals surface area contributed by atoms with Crippen LogP contribution >= 0.6 is 23.1 Å². The molecule has 1 aliphatic rings. The van der Waals surface area contributed by atoms with Crippen molar-refractivity contribution >= 4 is 39.9 Å².